The van der Waals surface area contributed by atoms with Crippen molar-refractivity contribution in [3.8, 4) is 0 Å². The minimum atomic E-state index is -0.392. The molecule has 7 heteroatoms. The van der Waals surface area contributed by atoms with Crippen LogP contribution in [0.2, 0.25) is 0 Å². The maximum absolute atomic E-state index is 14.2. The fourth-order valence-electron chi connectivity index (χ4n) is 5.52. The number of aromatic amines is 1. The van der Waals surface area contributed by atoms with E-state index in [9.17, 15) is 14.0 Å². The summed E-state index contributed by atoms with van der Waals surface area (Å²) in [6.07, 6.45) is 0.546. The molecular formula is C29H31FN4O2. The number of rotatable bonds is 7. The predicted molar refractivity (Wildman–Crippen MR) is 140 cm³/mol. The molecule has 36 heavy (non-hydrogen) atoms. The van der Waals surface area contributed by atoms with E-state index in [2.05, 4.69) is 46.5 Å². The average molecular weight is 487 g/mol. The van der Waals surface area contributed by atoms with E-state index in [4.69, 9.17) is 0 Å². The number of benzene rings is 2. The normalized spacial score (nSPS) is 18.4. The Bertz CT molecular complexity index is 1360. The van der Waals surface area contributed by atoms with Gasteiger partial charge in [-0.05, 0) is 61.3 Å². The molecule has 0 saturated carbocycles. The van der Waals surface area contributed by atoms with E-state index in [1.54, 1.807) is 6.07 Å². The minimum absolute atomic E-state index is 0.0948. The van der Waals surface area contributed by atoms with Crippen LogP contribution in [0.3, 0.4) is 0 Å². The molecule has 0 bridgehead atoms. The first-order chi connectivity index (χ1) is 17.4. The summed E-state index contributed by atoms with van der Waals surface area (Å²) >= 11 is 0. The van der Waals surface area contributed by atoms with Gasteiger partial charge in [0.1, 0.15) is 5.82 Å². The number of aryl methyl sites for hydroxylation is 1. The lowest BCUT2D eigenvalue weighted by Gasteiger charge is -2.18. The van der Waals surface area contributed by atoms with Crippen LogP contribution in [0, 0.1) is 12.7 Å². The second kappa shape index (κ2) is 9.74. The van der Waals surface area contributed by atoms with Crippen molar-refractivity contribution >= 4 is 28.6 Å². The van der Waals surface area contributed by atoms with Gasteiger partial charge in [-0.15, -0.1) is 0 Å². The summed E-state index contributed by atoms with van der Waals surface area (Å²) in [6, 6.07) is 14.4. The van der Waals surface area contributed by atoms with Gasteiger partial charge in [0.15, 0.2) is 0 Å². The molecule has 0 radical (unpaired) electrons. The third-order valence-corrected chi connectivity index (χ3v) is 7.35. The third kappa shape index (κ3) is 4.13. The second-order valence-corrected chi connectivity index (χ2v) is 9.36. The molecule has 0 spiro atoms. The van der Waals surface area contributed by atoms with E-state index >= 15 is 0 Å². The van der Waals surface area contributed by atoms with Gasteiger partial charge in [-0.2, -0.15) is 0 Å². The van der Waals surface area contributed by atoms with Crippen LogP contribution in [-0.4, -0.2) is 47.9 Å². The van der Waals surface area contributed by atoms with Crippen LogP contribution in [0.15, 0.2) is 48.5 Å². The van der Waals surface area contributed by atoms with E-state index in [0.717, 1.165) is 47.7 Å². The number of fused-ring (bicyclic) bond motifs is 2. The second-order valence-electron chi connectivity index (χ2n) is 9.36. The number of H-pyrrole nitrogens is 1. The van der Waals surface area contributed by atoms with Crippen LogP contribution in [-0.2, 0) is 4.79 Å². The Morgan fingerprint density at radius 2 is 1.89 bits per heavy atom. The summed E-state index contributed by atoms with van der Waals surface area (Å²) in [6.45, 7) is 9.31. The Morgan fingerprint density at radius 3 is 2.61 bits per heavy atom. The summed E-state index contributed by atoms with van der Waals surface area (Å²) in [4.78, 5) is 32.2. The number of carbonyl (C=O) groups is 2. The molecule has 1 aromatic heterocycles. The average Bonchev–Trinajstić information content (AvgIpc) is 3.50. The molecule has 6 nitrogen and oxygen atoms in total. The first-order valence-electron chi connectivity index (χ1n) is 12.6. The van der Waals surface area contributed by atoms with Crippen molar-refractivity contribution in [2.24, 2.45) is 0 Å². The Labute approximate surface area is 210 Å². The van der Waals surface area contributed by atoms with Gasteiger partial charge >= 0.3 is 0 Å². The lowest BCUT2D eigenvalue weighted by atomic mass is 9.90. The van der Waals surface area contributed by atoms with Crippen molar-refractivity contribution < 1.29 is 14.0 Å². The van der Waals surface area contributed by atoms with E-state index < -0.39 is 5.82 Å². The van der Waals surface area contributed by atoms with Crippen molar-refractivity contribution in [2.75, 3.05) is 31.5 Å². The molecule has 2 aromatic carbocycles. The fourth-order valence-corrected chi connectivity index (χ4v) is 5.52. The van der Waals surface area contributed by atoms with Gasteiger partial charge in [-0.1, -0.05) is 44.2 Å². The monoisotopic (exact) mass is 486 g/mol. The molecule has 1 aliphatic heterocycles. The van der Waals surface area contributed by atoms with E-state index in [-0.39, 0.29) is 17.7 Å². The standard InChI is InChI=1S/C29H31FN4O2/c1-4-34(5-2)14-13-31-28(35)24-17(3)32-27-22(16-20(26(24)27)18-9-7-6-8-10-18)25-21-15-19(30)11-12-23(21)33-29(25)36/h6-12,15,20,32H,4-5,13-14,16H2,1-3H3,(H,31,35)(H,33,36)/b25-22-. The lowest BCUT2D eigenvalue weighted by molar-refractivity contribution is -0.110. The number of nitrogens with zero attached hydrogens (tertiary/aromatic N) is 1. The lowest BCUT2D eigenvalue weighted by Crippen LogP contribution is -2.35. The van der Waals surface area contributed by atoms with Gasteiger partial charge in [0, 0.05) is 41.6 Å². The van der Waals surface area contributed by atoms with Crippen molar-refractivity contribution in [1.29, 1.82) is 0 Å². The number of allylic oxidation sites excluding steroid dienone is 1. The topological polar surface area (TPSA) is 77.2 Å². The number of halogens is 1. The molecule has 1 atom stereocenters. The zero-order valence-electron chi connectivity index (χ0n) is 20.9. The van der Waals surface area contributed by atoms with Gasteiger partial charge < -0.3 is 20.5 Å². The van der Waals surface area contributed by atoms with Gasteiger partial charge in [0.05, 0.1) is 11.1 Å². The zero-order valence-corrected chi connectivity index (χ0v) is 20.9. The minimum Gasteiger partial charge on any atom is -0.358 e. The number of hydrogen-bond donors (Lipinski definition) is 3. The maximum atomic E-state index is 14.2. The summed E-state index contributed by atoms with van der Waals surface area (Å²) in [5.74, 6) is -0.853. The summed E-state index contributed by atoms with van der Waals surface area (Å²) in [5.41, 5.74) is 6.60. The summed E-state index contributed by atoms with van der Waals surface area (Å²) in [7, 11) is 0. The Morgan fingerprint density at radius 1 is 1.14 bits per heavy atom. The van der Waals surface area contributed by atoms with Crippen LogP contribution in [0.25, 0.3) is 11.1 Å². The van der Waals surface area contributed by atoms with Crippen molar-refractivity contribution in [2.45, 2.75) is 33.1 Å². The molecule has 3 N–H and O–H groups in total. The third-order valence-electron chi connectivity index (χ3n) is 7.35. The van der Waals surface area contributed by atoms with Crippen LogP contribution >= 0.6 is 0 Å². The highest BCUT2D eigenvalue weighted by Gasteiger charge is 2.39. The highest BCUT2D eigenvalue weighted by molar-refractivity contribution is 6.37. The van der Waals surface area contributed by atoms with Gasteiger partial charge in [-0.25, -0.2) is 4.39 Å². The molecular weight excluding hydrogens is 455 g/mol. The Balaban J connectivity index is 1.60. The molecule has 3 aromatic rings. The van der Waals surface area contributed by atoms with Gasteiger partial charge in [0.2, 0.25) is 0 Å². The van der Waals surface area contributed by atoms with Crippen molar-refractivity contribution in [3.63, 3.8) is 0 Å². The highest BCUT2D eigenvalue weighted by Crippen LogP contribution is 2.51. The first-order valence-corrected chi connectivity index (χ1v) is 12.6. The van der Waals surface area contributed by atoms with Crippen LogP contribution in [0.1, 0.15) is 64.6 Å². The van der Waals surface area contributed by atoms with Crippen LogP contribution in [0.4, 0.5) is 10.1 Å². The molecule has 0 fully saturated rings. The molecule has 2 heterocycles. The molecule has 186 valence electrons. The number of nitrogens with one attached hydrogen (secondary N) is 3. The maximum Gasteiger partial charge on any atom is 0.256 e. The first kappa shape index (κ1) is 24.0. The molecule has 2 amide bonds. The number of hydrogen-bond acceptors (Lipinski definition) is 3. The number of aromatic nitrogens is 1. The van der Waals surface area contributed by atoms with Crippen LogP contribution in [0.5, 0.6) is 0 Å². The predicted octanol–water partition coefficient (Wildman–Crippen LogP) is 4.93. The highest BCUT2D eigenvalue weighted by atomic mass is 19.1. The van der Waals surface area contributed by atoms with Gasteiger partial charge in [0.25, 0.3) is 11.8 Å². The molecule has 0 saturated heterocycles. The fraction of sp³-hybridized carbons (Fsp3) is 0.310. The Kier molecular flexibility index (Phi) is 6.49. The number of amides is 2. The van der Waals surface area contributed by atoms with Crippen molar-refractivity contribution in [3.05, 3.63) is 88.0 Å². The molecule has 1 unspecified atom stereocenters. The number of anilines is 1. The molecule has 5 rings (SSSR count). The number of carbonyl (C=O) groups excluding carboxylic acids is 2. The zero-order chi connectivity index (χ0) is 25.4. The largest absolute Gasteiger partial charge is 0.358 e. The van der Waals surface area contributed by atoms with Gasteiger partial charge in [-0.3, -0.25) is 9.59 Å². The Hall–Kier alpha value is -3.71. The SMILES string of the molecule is CCN(CC)CCNC(=O)c1c(C)[nH]c2c1C(c1ccccc1)C/C2=C1/C(=O)Nc2ccc(F)cc21. The van der Waals surface area contributed by atoms with E-state index in [0.29, 0.717) is 35.4 Å². The molecule has 2 aliphatic rings. The quantitative estimate of drug-likeness (QED) is 0.415. The smallest absolute Gasteiger partial charge is 0.256 e. The summed E-state index contributed by atoms with van der Waals surface area (Å²) < 4.78 is 14.2. The molecule has 1 aliphatic carbocycles. The number of likely N-dealkylation sites (N-methyl/N-ethyl adjacent to an activating group) is 1. The van der Waals surface area contributed by atoms with E-state index in [1.807, 2.05) is 25.1 Å². The van der Waals surface area contributed by atoms with Crippen LogP contribution < -0.4 is 10.6 Å². The summed E-state index contributed by atoms with van der Waals surface area (Å²) in [5, 5.41) is 5.97. The van der Waals surface area contributed by atoms with E-state index in [1.165, 1.54) is 12.1 Å². The van der Waals surface area contributed by atoms with Crippen molar-refractivity contribution in [1.82, 2.24) is 15.2 Å².